The summed E-state index contributed by atoms with van der Waals surface area (Å²) in [5.41, 5.74) is 2.36. The molecule has 1 aromatic carbocycles. The second kappa shape index (κ2) is 5.92. The predicted molar refractivity (Wildman–Crippen MR) is 77.2 cm³/mol. The Labute approximate surface area is 118 Å². The van der Waals surface area contributed by atoms with Crippen LogP contribution in [0.4, 0.5) is 0 Å². The van der Waals surface area contributed by atoms with Crippen LogP contribution in [0.15, 0.2) is 42.6 Å². The molecule has 1 aromatic heterocycles. The average Bonchev–Trinajstić information content (AvgIpc) is 2.91. The number of benzene rings is 1. The van der Waals surface area contributed by atoms with Gasteiger partial charge in [-0.15, -0.1) is 0 Å². The lowest BCUT2D eigenvalue weighted by Crippen LogP contribution is -2.22. The third-order valence-corrected chi connectivity index (χ3v) is 3.55. The number of para-hydroxylation sites is 1. The largest absolute Gasteiger partial charge is 0.493 e. The molecule has 4 nitrogen and oxygen atoms in total. The molecule has 0 bridgehead atoms. The predicted octanol–water partition coefficient (Wildman–Crippen LogP) is 2.36. The minimum Gasteiger partial charge on any atom is -0.493 e. The van der Waals surface area contributed by atoms with E-state index in [1.807, 2.05) is 24.3 Å². The topological polar surface area (TPSA) is 43.4 Å². The van der Waals surface area contributed by atoms with Gasteiger partial charge < -0.3 is 14.8 Å². The van der Waals surface area contributed by atoms with E-state index < -0.39 is 0 Å². The summed E-state index contributed by atoms with van der Waals surface area (Å²) in [5, 5.41) is 3.46. The lowest BCUT2D eigenvalue weighted by molar-refractivity contribution is 0.326. The van der Waals surface area contributed by atoms with Crippen LogP contribution in [-0.4, -0.2) is 25.2 Å². The number of ether oxygens (including phenoxy) is 2. The van der Waals surface area contributed by atoms with Gasteiger partial charge in [0.2, 0.25) is 5.88 Å². The van der Waals surface area contributed by atoms with Gasteiger partial charge in [0.05, 0.1) is 13.7 Å². The maximum atomic E-state index is 5.68. The van der Waals surface area contributed by atoms with E-state index in [1.54, 1.807) is 13.3 Å². The van der Waals surface area contributed by atoms with E-state index in [-0.39, 0.29) is 0 Å². The molecule has 20 heavy (non-hydrogen) atoms. The van der Waals surface area contributed by atoms with E-state index in [2.05, 4.69) is 22.4 Å². The second-order valence-electron chi connectivity index (χ2n) is 4.85. The summed E-state index contributed by atoms with van der Waals surface area (Å²) in [6.45, 7) is 2.38. The smallest absolute Gasteiger partial charge is 0.217 e. The zero-order valence-electron chi connectivity index (χ0n) is 11.5. The van der Waals surface area contributed by atoms with Crippen LogP contribution in [0.1, 0.15) is 17.0 Å². The summed E-state index contributed by atoms with van der Waals surface area (Å²) in [7, 11) is 1.65. The van der Waals surface area contributed by atoms with Crippen molar-refractivity contribution >= 4 is 0 Å². The molecule has 0 saturated heterocycles. The maximum absolute atomic E-state index is 5.68. The van der Waals surface area contributed by atoms with E-state index in [0.29, 0.717) is 11.8 Å². The van der Waals surface area contributed by atoms with Gasteiger partial charge in [-0.2, -0.15) is 0 Å². The van der Waals surface area contributed by atoms with Gasteiger partial charge in [-0.25, -0.2) is 4.98 Å². The van der Waals surface area contributed by atoms with Crippen molar-refractivity contribution in [3.05, 3.63) is 53.7 Å². The van der Waals surface area contributed by atoms with Gasteiger partial charge in [0.25, 0.3) is 0 Å². The number of aromatic nitrogens is 1. The molecule has 0 spiro atoms. The van der Waals surface area contributed by atoms with E-state index >= 15 is 0 Å². The summed E-state index contributed by atoms with van der Waals surface area (Å²) in [4.78, 5) is 4.20. The number of nitrogens with one attached hydrogen (secondary N) is 1. The molecule has 0 radical (unpaired) electrons. The Morgan fingerprint density at radius 2 is 2.20 bits per heavy atom. The monoisotopic (exact) mass is 270 g/mol. The number of rotatable bonds is 5. The van der Waals surface area contributed by atoms with Crippen molar-refractivity contribution in [1.82, 2.24) is 10.3 Å². The van der Waals surface area contributed by atoms with Crippen LogP contribution in [0.25, 0.3) is 0 Å². The molecule has 0 amide bonds. The summed E-state index contributed by atoms with van der Waals surface area (Å²) >= 11 is 0. The molecule has 0 aliphatic carbocycles. The quantitative estimate of drug-likeness (QED) is 0.905. The number of hydrogen-bond donors (Lipinski definition) is 1. The highest BCUT2D eigenvalue weighted by Crippen LogP contribution is 2.32. The lowest BCUT2D eigenvalue weighted by atomic mass is 10.0. The molecule has 1 aliphatic heterocycles. The highest BCUT2D eigenvalue weighted by molar-refractivity contribution is 5.39. The highest BCUT2D eigenvalue weighted by atomic mass is 16.5. The van der Waals surface area contributed by atoms with Gasteiger partial charge in [0.15, 0.2) is 0 Å². The van der Waals surface area contributed by atoms with E-state index in [0.717, 1.165) is 31.0 Å². The Morgan fingerprint density at radius 3 is 3.10 bits per heavy atom. The van der Waals surface area contributed by atoms with Gasteiger partial charge in [-0.3, -0.25) is 0 Å². The van der Waals surface area contributed by atoms with Crippen LogP contribution in [0.3, 0.4) is 0 Å². The van der Waals surface area contributed by atoms with Gasteiger partial charge in [0, 0.05) is 36.3 Å². The molecular formula is C16H18N2O2. The highest BCUT2D eigenvalue weighted by Gasteiger charge is 2.22. The first-order chi connectivity index (χ1) is 9.88. The van der Waals surface area contributed by atoms with E-state index in [4.69, 9.17) is 9.47 Å². The second-order valence-corrected chi connectivity index (χ2v) is 4.85. The van der Waals surface area contributed by atoms with Crippen molar-refractivity contribution in [2.24, 2.45) is 0 Å². The summed E-state index contributed by atoms with van der Waals surface area (Å²) in [6, 6.07) is 12.2. The fraction of sp³-hybridized carbons (Fsp3) is 0.312. The molecule has 2 heterocycles. The van der Waals surface area contributed by atoms with Crippen LogP contribution >= 0.6 is 0 Å². The Kier molecular flexibility index (Phi) is 3.83. The van der Waals surface area contributed by atoms with E-state index in [9.17, 15) is 0 Å². The molecule has 0 fully saturated rings. The van der Waals surface area contributed by atoms with Gasteiger partial charge in [-0.05, 0) is 12.1 Å². The molecule has 4 heteroatoms. The van der Waals surface area contributed by atoms with Crippen molar-refractivity contribution in [2.45, 2.75) is 12.5 Å². The fourth-order valence-corrected chi connectivity index (χ4v) is 2.52. The normalized spacial score (nSPS) is 16.6. The van der Waals surface area contributed by atoms with Crippen LogP contribution in [0.5, 0.6) is 11.6 Å². The molecule has 1 unspecified atom stereocenters. The Balaban J connectivity index is 1.59. The zero-order valence-corrected chi connectivity index (χ0v) is 11.5. The SMILES string of the molecule is COc1ncccc1CNCC1COc2ccccc21. The standard InChI is InChI=1S/C16H18N2O2/c1-19-16-12(5-4-8-18-16)9-17-10-13-11-20-15-7-3-2-6-14(13)15/h2-8,13,17H,9-11H2,1H3. The van der Waals surface area contributed by atoms with Crippen molar-refractivity contribution in [2.75, 3.05) is 20.3 Å². The van der Waals surface area contributed by atoms with Gasteiger partial charge in [-0.1, -0.05) is 24.3 Å². The first kappa shape index (κ1) is 12.9. The molecular weight excluding hydrogens is 252 g/mol. The third-order valence-electron chi connectivity index (χ3n) is 3.55. The van der Waals surface area contributed by atoms with Crippen LogP contribution in [-0.2, 0) is 6.54 Å². The van der Waals surface area contributed by atoms with Crippen molar-refractivity contribution < 1.29 is 9.47 Å². The van der Waals surface area contributed by atoms with Crippen LogP contribution in [0, 0.1) is 0 Å². The molecule has 1 atom stereocenters. The minimum atomic E-state index is 0.411. The number of fused-ring (bicyclic) bond motifs is 1. The Morgan fingerprint density at radius 1 is 1.30 bits per heavy atom. The number of hydrogen-bond acceptors (Lipinski definition) is 4. The number of nitrogens with zero attached hydrogens (tertiary/aromatic N) is 1. The van der Waals surface area contributed by atoms with Gasteiger partial charge >= 0.3 is 0 Å². The molecule has 0 saturated carbocycles. The molecule has 1 aliphatic rings. The van der Waals surface area contributed by atoms with Gasteiger partial charge in [0.1, 0.15) is 5.75 Å². The lowest BCUT2D eigenvalue weighted by Gasteiger charge is -2.12. The Hall–Kier alpha value is -2.07. The summed E-state index contributed by atoms with van der Waals surface area (Å²) in [5.74, 6) is 2.11. The molecule has 104 valence electrons. The van der Waals surface area contributed by atoms with Crippen LogP contribution < -0.4 is 14.8 Å². The average molecular weight is 270 g/mol. The third kappa shape index (κ3) is 2.60. The molecule has 1 N–H and O–H groups in total. The summed E-state index contributed by atoms with van der Waals surface area (Å²) in [6.07, 6.45) is 1.74. The number of pyridine rings is 1. The Bertz CT molecular complexity index is 586. The van der Waals surface area contributed by atoms with Crippen LogP contribution in [0.2, 0.25) is 0 Å². The fourth-order valence-electron chi connectivity index (χ4n) is 2.52. The van der Waals surface area contributed by atoms with Crippen molar-refractivity contribution in [3.8, 4) is 11.6 Å². The number of methoxy groups -OCH3 is 1. The van der Waals surface area contributed by atoms with E-state index in [1.165, 1.54) is 5.56 Å². The van der Waals surface area contributed by atoms with Crippen molar-refractivity contribution in [1.29, 1.82) is 0 Å². The zero-order chi connectivity index (χ0) is 13.8. The van der Waals surface area contributed by atoms with Crippen molar-refractivity contribution in [3.63, 3.8) is 0 Å². The minimum absolute atomic E-state index is 0.411. The summed E-state index contributed by atoms with van der Waals surface area (Å²) < 4.78 is 10.9. The molecule has 2 aromatic rings. The first-order valence-electron chi connectivity index (χ1n) is 6.79. The maximum Gasteiger partial charge on any atom is 0.217 e. The molecule has 3 rings (SSSR count). The first-order valence-corrected chi connectivity index (χ1v) is 6.79.